The Balaban J connectivity index is 1.59. The third-order valence-electron chi connectivity index (χ3n) is 7.00. The number of rotatable bonds is 5. The zero-order valence-electron chi connectivity index (χ0n) is 18.6. The number of hydrogen-bond donors (Lipinski definition) is 3. The standard InChI is InChI=1S/C24H23ClN4O5/c1-11-7-13(25)8-15-20(11)27-23(33)24(15)19-18(16(28-24)9-17(26)30)21(31)29(22(19)32)10-12-3-5-14(34-2)6-4-12/h3-8,16,18-19,28H,9-10H2,1-2H3,(H2,26,30)(H,27,33)/t16-,18+,19-,24-/m0/s1. The van der Waals surface area contributed by atoms with Gasteiger partial charge in [0.15, 0.2) is 0 Å². The van der Waals surface area contributed by atoms with E-state index in [1.165, 1.54) is 0 Å². The Bertz CT molecular complexity index is 1250. The van der Waals surface area contributed by atoms with E-state index in [9.17, 15) is 19.2 Å². The van der Waals surface area contributed by atoms with Gasteiger partial charge >= 0.3 is 0 Å². The van der Waals surface area contributed by atoms with Gasteiger partial charge in [-0.3, -0.25) is 29.4 Å². The lowest BCUT2D eigenvalue weighted by Gasteiger charge is -2.29. The second kappa shape index (κ2) is 7.82. The van der Waals surface area contributed by atoms with Crippen LogP contribution in [0.5, 0.6) is 5.75 Å². The van der Waals surface area contributed by atoms with Crippen LogP contribution in [0.25, 0.3) is 0 Å². The Morgan fingerprint density at radius 2 is 1.88 bits per heavy atom. The number of benzene rings is 2. The van der Waals surface area contributed by atoms with Crippen LogP contribution in [0.2, 0.25) is 5.02 Å². The summed E-state index contributed by atoms with van der Waals surface area (Å²) in [7, 11) is 1.55. The second-order valence-corrected chi connectivity index (χ2v) is 9.38. The van der Waals surface area contributed by atoms with Crippen molar-refractivity contribution < 1.29 is 23.9 Å². The van der Waals surface area contributed by atoms with E-state index >= 15 is 0 Å². The van der Waals surface area contributed by atoms with Crippen molar-refractivity contribution in [2.24, 2.45) is 17.6 Å². The molecule has 4 amide bonds. The molecule has 4 N–H and O–H groups in total. The second-order valence-electron chi connectivity index (χ2n) is 8.94. The van der Waals surface area contributed by atoms with E-state index in [1.807, 2.05) is 0 Å². The van der Waals surface area contributed by atoms with Crippen LogP contribution in [0, 0.1) is 18.8 Å². The fourth-order valence-corrected chi connectivity index (χ4v) is 5.83. The molecular weight excluding hydrogens is 460 g/mol. The molecule has 3 aliphatic rings. The Hall–Kier alpha value is -3.43. The normalized spacial score (nSPS) is 27.2. The lowest BCUT2D eigenvalue weighted by Crippen LogP contribution is -2.53. The molecule has 176 valence electrons. The molecule has 4 atom stereocenters. The maximum atomic E-state index is 13.8. The Kier molecular flexibility index (Phi) is 5.14. The quantitative estimate of drug-likeness (QED) is 0.553. The number of amides is 4. The van der Waals surface area contributed by atoms with Crippen LogP contribution in [-0.2, 0) is 31.3 Å². The highest BCUT2D eigenvalue weighted by Gasteiger charge is 2.70. The Morgan fingerprint density at radius 3 is 2.53 bits per heavy atom. The minimum atomic E-state index is -1.53. The van der Waals surface area contributed by atoms with Crippen molar-refractivity contribution >= 4 is 40.9 Å². The molecule has 5 rings (SSSR count). The molecule has 10 heteroatoms. The van der Waals surface area contributed by atoms with Gasteiger partial charge in [0.05, 0.1) is 25.5 Å². The summed E-state index contributed by atoms with van der Waals surface area (Å²) in [6.45, 7) is 1.84. The first-order valence-corrected chi connectivity index (χ1v) is 11.2. The van der Waals surface area contributed by atoms with Crippen LogP contribution in [0.3, 0.4) is 0 Å². The van der Waals surface area contributed by atoms with Crippen LogP contribution in [0.1, 0.15) is 23.1 Å². The van der Waals surface area contributed by atoms with Gasteiger partial charge in [-0.05, 0) is 42.3 Å². The lowest BCUT2D eigenvalue weighted by molar-refractivity contribution is -0.143. The van der Waals surface area contributed by atoms with E-state index in [0.29, 0.717) is 22.0 Å². The summed E-state index contributed by atoms with van der Waals surface area (Å²) in [4.78, 5) is 53.8. The topological polar surface area (TPSA) is 131 Å². The summed E-state index contributed by atoms with van der Waals surface area (Å²) >= 11 is 6.31. The number of likely N-dealkylation sites (tertiary alicyclic amines) is 1. The highest BCUT2D eigenvalue weighted by atomic mass is 35.5. The number of carbonyl (C=O) groups is 4. The largest absolute Gasteiger partial charge is 0.497 e. The molecule has 3 heterocycles. The first-order valence-electron chi connectivity index (χ1n) is 10.8. The highest BCUT2D eigenvalue weighted by molar-refractivity contribution is 6.31. The number of fused-ring (bicyclic) bond motifs is 4. The Morgan fingerprint density at radius 1 is 1.18 bits per heavy atom. The predicted octanol–water partition coefficient (Wildman–Crippen LogP) is 1.45. The number of hydrogen-bond acceptors (Lipinski definition) is 6. The van der Waals surface area contributed by atoms with Gasteiger partial charge in [0.2, 0.25) is 23.6 Å². The molecule has 0 aromatic heterocycles. The molecule has 34 heavy (non-hydrogen) atoms. The number of nitrogens with zero attached hydrogens (tertiary/aromatic N) is 1. The fraction of sp³-hybridized carbons (Fsp3) is 0.333. The SMILES string of the molecule is COc1ccc(CN2C(=O)[C@@H]3[C@H](CC(N)=O)N[C@]4(C(=O)Nc5c(C)cc(Cl)cc54)[C@@H]3C2=O)cc1. The first-order chi connectivity index (χ1) is 16.2. The van der Waals surface area contributed by atoms with Crippen molar-refractivity contribution in [3.05, 3.63) is 58.1 Å². The predicted molar refractivity (Wildman–Crippen MR) is 123 cm³/mol. The van der Waals surface area contributed by atoms with Crippen molar-refractivity contribution in [1.82, 2.24) is 10.2 Å². The van der Waals surface area contributed by atoms with Gasteiger partial charge in [-0.2, -0.15) is 0 Å². The van der Waals surface area contributed by atoms with Crippen molar-refractivity contribution in [1.29, 1.82) is 0 Å². The third-order valence-corrected chi connectivity index (χ3v) is 7.22. The summed E-state index contributed by atoms with van der Waals surface area (Å²) in [5.41, 5.74) is 6.44. The van der Waals surface area contributed by atoms with Crippen LogP contribution in [-0.4, -0.2) is 41.7 Å². The molecule has 1 spiro atoms. The average molecular weight is 483 g/mol. The molecule has 2 aromatic rings. The van der Waals surface area contributed by atoms with Crippen molar-refractivity contribution in [3.8, 4) is 5.75 Å². The number of nitrogens with two attached hydrogens (primary N) is 1. The summed E-state index contributed by atoms with van der Waals surface area (Å²) in [6.07, 6.45) is -0.194. The van der Waals surface area contributed by atoms with E-state index in [1.54, 1.807) is 50.4 Å². The number of carbonyl (C=O) groups excluding carboxylic acids is 4. The monoisotopic (exact) mass is 482 g/mol. The fourth-order valence-electron chi connectivity index (χ4n) is 5.55. The zero-order valence-corrected chi connectivity index (χ0v) is 19.3. The number of methoxy groups -OCH3 is 1. The molecule has 2 fully saturated rings. The lowest BCUT2D eigenvalue weighted by atomic mass is 9.76. The molecule has 0 unspecified atom stereocenters. The summed E-state index contributed by atoms with van der Waals surface area (Å²) in [6, 6.07) is 9.58. The van der Waals surface area contributed by atoms with E-state index in [-0.39, 0.29) is 13.0 Å². The summed E-state index contributed by atoms with van der Waals surface area (Å²) in [5.74, 6) is -3.33. The first kappa shape index (κ1) is 22.4. The summed E-state index contributed by atoms with van der Waals surface area (Å²) in [5, 5.41) is 6.42. The molecular formula is C24H23ClN4O5. The molecule has 3 aliphatic heterocycles. The van der Waals surface area contributed by atoms with Gasteiger partial charge in [-0.25, -0.2) is 0 Å². The van der Waals surface area contributed by atoms with Crippen molar-refractivity contribution in [3.63, 3.8) is 0 Å². The molecule has 0 aliphatic carbocycles. The van der Waals surface area contributed by atoms with Crippen LogP contribution in [0.15, 0.2) is 36.4 Å². The third kappa shape index (κ3) is 3.11. The van der Waals surface area contributed by atoms with Gasteiger partial charge < -0.3 is 15.8 Å². The molecule has 2 aromatic carbocycles. The molecule has 0 bridgehead atoms. The molecule has 0 radical (unpaired) electrons. The maximum Gasteiger partial charge on any atom is 0.250 e. The minimum Gasteiger partial charge on any atom is -0.497 e. The van der Waals surface area contributed by atoms with Gasteiger partial charge in [0, 0.05) is 28.7 Å². The number of anilines is 1. The van der Waals surface area contributed by atoms with Gasteiger partial charge in [0.1, 0.15) is 11.3 Å². The van der Waals surface area contributed by atoms with Gasteiger partial charge in [-0.1, -0.05) is 23.7 Å². The average Bonchev–Trinajstić information content (AvgIpc) is 3.35. The number of ether oxygens (including phenoxy) is 1. The number of imide groups is 1. The van der Waals surface area contributed by atoms with Gasteiger partial charge in [0.25, 0.3) is 0 Å². The number of nitrogens with one attached hydrogen (secondary N) is 2. The van der Waals surface area contributed by atoms with Crippen molar-refractivity contribution in [2.75, 3.05) is 12.4 Å². The minimum absolute atomic E-state index is 0.0388. The number of aryl methyl sites for hydroxylation is 1. The maximum absolute atomic E-state index is 13.8. The number of halogens is 1. The number of primary amides is 1. The highest BCUT2D eigenvalue weighted by Crippen LogP contribution is 2.54. The molecule has 9 nitrogen and oxygen atoms in total. The van der Waals surface area contributed by atoms with E-state index < -0.39 is 47.0 Å². The Labute approximate surface area is 200 Å². The van der Waals surface area contributed by atoms with Crippen molar-refractivity contribution in [2.45, 2.75) is 31.5 Å². The van der Waals surface area contributed by atoms with E-state index in [0.717, 1.165) is 16.0 Å². The van der Waals surface area contributed by atoms with Crippen LogP contribution in [0.4, 0.5) is 5.69 Å². The molecule has 2 saturated heterocycles. The van der Waals surface area contributed by atoms with Crippen LogP contribution >= 0.6 is 11.6 Å². The summed E-state index contributed by atoms with van der Waals surface area (Å²) < 4.78 is 5.17. The zero-order chi connectivity index (χ0) is 24.4. The molecule has 0 saturated carbocycles. The van der Waals surface area contributed by atoms with Gasteiger partial charge in [-0.15, -0.1) is 0 Å². The van der Waals surface area contributed by atoms with E-state index in [2.05, 4.69) is 10.6 Å². The van der Waals surface area contributed by atoms with E-state index in [4.69, 9.17) is 22.1 Å². The smallest absolute Gasteiger partial charge is 0.250 e. The van der Waals surface area contributed by atoms with Crippen LogP contribution < -0.4 is 21.1 Å².